The van der Waals surface area contributed by atoms with Gasteiger partial charge in [0.25, 0.3) is 5.91 Å². The second-order valence-corrected chi connectivity index (χ2v) is 7.86. The number of carbonyl (C=O) groups excluding carboxylic acids is 1. The summed E-state index contributed by atoms with van der Waals surface area (Å²) in [6.07, 6.45) is -3.80. The van der Waals surface area contributed by atoms with E-state index in [1.165, 1.54) is 29.8 Å². The summed E-state index contributed by atoms with van der Waals surface area (Å²) in [6, 6.07) is 10.4. The molecule has 0 aliphatic carbocycles. The van der Waals surface area contributed by atoms with Gasteiger partial charge in [0, 0.05) is 16.7 Å². The molecule has 0 spiro atoms. The van der Waals surface area contributed by atoms with E-state index in [4.69, 9.17) is 9.47 Å². The van der Waals surface area contributed by atoms with E-state index < -0.39 is 17.6 Å². The van der Waals surface area contributed by atoms with Gasteiger partial charge in [-0.15, -0.1) is 11.8 Å². The van der Waals surface area contributed by atoms with Crippen molar-refractivity contribution in [2.75, 3.05) is 25.2 Å². The third-order valence-electron chi connectivity index (χ3n) is 4.39. The third-order valence-corrected chi connectivity index (χ3v) is 5.62. The highest BCUT2D eigenvalue weighted by molar-refractivity contribution is 8.00. The van der Waals surface area contributed by atoms with E-state index >= 15 is 0 Å². The number of thioether (sulfide) groups is 1. The smallest absolute Gasteiger partial charge is 0.416 e. The first-order valence-corrected chi connectivity index (χ1v) is 9.61. The molecular weight excluding hydrogens is 391 g/mol. The van der Waals surface area contributed by atoms with Crippen LogP contribution in [0.4, 0.5) is 18.9 Å². The average Bonchev–Trinajstić information content (AvgIpc) is 2.83. The zero-order valence-electron chi connectivity index (χ0n) is 15.5. The van der Waals surface area contributed by atoms with Crippen molar-refractivity contribution in [1.29, 1.82) is 0 Å². The van der Waals surface area contributed by atoms with Gasteiger partial charge in [-0.1, -0.05) is 19.1 Å². The molecule has 1 atom stereocenters. The number of alkyl halides is 3. The summed E-state index contributed by atoms with van der Waals surface area (Å²) in [6.45, 7) is 2.02. The molecule has 2 aromatic carbocycles. The maximum atomic E-state index is 13.2. The van der Waals surface area contributed by atoms with E-state index in [1.54, 1.807) is 24.3 Å². The summed E-state index contributed by atoms with van der Waals surface area (Å²) in [7, 11) is 1.49. The van der Waals surface area contributed by atoms with Gasteiger partial charge >= 0.3 is 6.18 Å². The number of carbonyl (C=O) groups is 1. The van der Waals surface area contributed by atoms with E-state index in [0.29, 0.717) is 29.4 Å². The fourth-order valence-electron chi connectivity index (χ4n) is 2.93. The quantitative estimate of drug-likeness (QED) is 0.709. The van der Waals surface area contributed by atoms with Gasteiger partial charge in [0.05, 0.1) is 18.4 Å². The monoisotopic (exact) mass is 411 g/mol. The number of nitrogens with zero attached hydrogens (tertiary/aromatic N) is 1. The highest BCUT2D eigenvalue weighted by Crippen LogP contribution is 2.41. The van der Waals surface area contributed by atoms with Crippen LogP contribution in [-0.2, 0) is 11.0 Å². The Bertz CT molecular complexity index is 857. The molecule has 1 aliphatic rings. The van der Waals surface area contributed by atoms with Crippen molar-refractivity contribution in [1.82, 2.24) is 0 Å². The van der Waals surface area contributed by atoms with E-state index in [0.717, 1.165) is 12.1 Å². The number of halogens is 3. The molecule has 0 N–H and O–H groups in total. The molecule has 0 radical (unpaired) electrons. The minimum Gasteiger partial charge on any atom is -0.493 e. The Morgan fingerprint density at radius 3 is 2.61 bits per heavy atom. The van der Waals surface area contributed by atoms with Crippen LogP contribution in [0.3, 0.4) is 0 Å². The predicted molar refractivity (Wildman–Crippen MR) is 102 cm³/mol. The van der Waals surface area contributed by atoms with Gasteiger partial charge in [-0.3, -0.25) is 4.79 Å². The Kier molecular flexibility index (Phi) is 6.07. The van der Waals surface area contributed by atoms with Crippen LogP contribution in [0.2, 0.25) is 0 Å². The zero-order valence-corrected chi connectivity index (χ0v) is 16.3. The maximum absolute atomic E-state index is 13.2. The molecular formula is C20H20F3NO3S. The summed E-state index contributed by atoms with van der Waals surface area (Å²) in [4.78, 5) is 14.9. The first-order chi connectivity index (χ1) is 13.3. The molecule has 0 fully saturated rings. The summed E-state index contributed by atoms with van der Waals surface area (Å²) >= 11 is 1.47. The van der Waals surface area contributed by atoms with Crippen LogP contribution in [0, 0.1) is 0 Å². The van der Waals surface area contributed by atoms with E-state index in [9.17, 15) is 18.0 Å². The highest BCUT2D eigenvalue weighted by Gasteiger charge is 2.33. The molecule has 1 aliphatic heterocycles. The minimum atomic E-state index is -4.47. The van der Waals surface area contributed by atoms with Gasteiger partial charge in [-0.25, -0.2) is 0 Å². The molecule has 3 rings (SSSR count). The number of benzene rings is 2. The lowest BCUT2D eigenvalue weighted by Gasteiger charge is -2.24. The van der Waals surface area contributed by atoms with Gasteiger partial charge in [0.15, 0.2) is 18.1 Å². The van der Waals surface area contributed by atoms with Crippen molar-refractivity contribution < 1.29 is 27.4 Å². The van der Waals surface area contributed by atoms with Crippen LogP contribution in [0.15, 0.2) is 47.4 Å². The lowest BCUT2D eigenvalue weighted by Crippen LogP contribution is -2.36. The largest absolute Gasteiger partial charge is 0.493 e. The molecule has 8 heteroatoms. The number of hydrogen-bond acceptors (Lipinski definition) is 4. The summed E-state index contributed by atoms with van der Waals surface area (Å²) in [5, 5.41) is 0.184. The van der Waals surface area contributed by atoms with Gasteiger partial charge in [0.2, 0.25) is 0 Å². The van der Waals surface area contributed by atoms with Crippen LogP contribution in [0.5, 0.6) is 11.5 Å². The SMILES string of the molecule is COc1ccccc1OCC(=O)N1CCC(C)Sc2ccc(C(F)(F)F)cc21. The Hall–Kier alpha value is -2.35. The third kappa shape index (κ3) is 4.55. The molecule has 0 bridgehead atoms. The van der Waals surface area contributed by atoms with Gasteiger partial charge in [-0.05, 0) is 36.8 Å². The van der Waals surface area contributed by atoms with E-state index in [1.807, 2.05) is 6.92 Å². The summed E-state index contributed by atoms with van der Waals surface area (Å²) in [5.74, 6) is 0.483. The fraction of sp³-hybridized carbons (Fsp3) is 0.350. The van der Waals surface area contributed by atoms with Crippen LogP contribution in [0.1, 0.15) is 18.9 Å². The van der Waals surface area contributed by atoms with Crippen molar-refractivity contribution >= 4 is 23.4 Å². The second kappa shape index (κ2) is 8.34. The number of fused-ring (bicyclic) bond motifs is 1. The van der Waals surface area contributed by atoms with E-state index in [-0.39, 0.29) is 17.5 Å². The van der Waals surface area contributed by atoms with Crippen molar-refractivity contribution in [3.63, 3.8) is 0 Å². The first kappa shape index (κ1) is 20.4. The molecule has 1 heterocycles. The van der Waals surface area contributed by atoms with E-state index in [2.05, 4.69) is 0 Å². The summed E-state index contributed by atoms with van der Waals surface area (Å²) < 4.78 is 50.3. The first-order valence-electron chi connectivity index (χ1n) is 8.73. The number of anilines is 1. The van der Waals surface area contributed by atoms with Crippen molar-refractivity contribution in [3.8, 4) is 11.5 Å². The lowest BCUT2D eigenvalue weighted by atomic mass is 10.1. The summed E-state index contributed by atoms with van der Waals surface area (Å²) in [5.41, 5.74) is -0.498. The van der Waals surface area contributed by atoms with Gasteiger partial charge in [-0.2, -0.15) is 13.2 Å². The number of rotatable bonds is 4. The Balaban J connectivity index is 1.85. The second-order valence-electron chi connectivity index (χ2n) is 6.38. The number of para-hydroxylation sites is 2. The number of ether oxygens (including phenoxy) is 2. The molecule has 1 amide bonds. The Morgan fingerprint density at radius 2 is 1.93 bits per heavy atom. The molecule has 0 saturated heterocycles. The molecule has 1 unspecified atom stereocenters. The number of amides is 1. The number of hydrogen-bond donors (Lipinski definition) is 0. The van der Waals surface area contributed by atoms with Gasteiger partial charge < -0.3 is 14.4 Å². The molecule has 28 heavy (non-hydrogen) atoms. The lowest BCUT2D eigenvalue weighted by molar-refractivity contribution is -0.137. The Labute approximate surface area is 165 Å². The average molecular weight is 411 g/mol. The molecule has 150 valence electrons. The predicted octanol–water partition coefficient (Wildman–Crippen LogP) is 5.01. The van der Waals surface area contributed by atoms with Gasteiger partial charge in [0.1, 0.15) is 0 Å². The van der Waals surface area contributed by atoms with Crippen LogP contribution in [-0.4, -0.2) is 31.4 Å². The zero-order chi connectivity index (χ0) is 20.3. The standard InChI is InChI=1S/C20H20F3NO3S/c1-13-9-10-24(15-11-14(20(21,22)23)7-8-18(15)28-13)19(25)12-27-17-6-4-3-5-16(17)26-2/h3-8,11,13H,9-10,12H2,1-2H3. The van der Waals surface area contributed by atoms with Crippen molar-refractivity contribution in [2.24, 2.45) is 0 Å². The number of methoxy groups -OCH3 is 1. The van der Waals surface area contributed by atoms with Crippen LogP contribution < -0.4 is 14.4 Å². The van der Waals surface area contributed by atoms with Crippen molar-refractivity contribution in [2.45, 2.75) is 29.7 Å². The minimum absolute atomic E-state index is 0.184. The molecule has 4 nitrogen and oxygen atoms in total. The molecule has 0 aromatic heterocycles. The Morgan fingerprint density at radius 1 is 1.21 bits per heavy atom. The maximum Gasteiger partial charge on any atom is 0.416 e. The van der Waals surface area contributed by atoms with Crippen LogP contribution >= 0.6 is 11.8 Å². The normalized spacial score (nSPS) is 16.9. The van der Waals surface area contributed by atoms with Crippen molar-refractivity contribution in [3.05, 3.63) is 48.0 Å². The topological polar surface area (TPSA) is 38.8 Å². The molecule has 0 saturated carbocycles. The van der Waals surface area contributed by atoms with Crippen LogP contribution in [0.25, 0.3) is 0 Å². The highest BCUT2D eigenvalue weighted by atomic mass is 32.2. The fourth-order valence-corrected chi connectivity index (χ4v) is 4.02. The molecule has 2 aromatic rings.